The van der Waals surface area contributed by atoms with Crippen molar-refractivity contribution in [3.8, 4) is 0 Å². The minimum absolute atomic E-state index is 0.406. The molecule has 0 aromatic heterocycles. The van der Waals surface area contributed by atoms with Crippen molar-refractivity contribution in [3.63, 3.8) is 0 Å². The number of carboxylic acids is 1. The highest BCUT2D eigenvalue weighted by Gasteiger charge is 2.21. The number of unbranched alkanes of at least 4 members (excludes halogenated alkanes) is 1. The van der Waals surface area contributed by atoms with E-state index in [0.29, 0.717) is 6.54 Å². The van der Waals surface area contributed by atoms with E-state index < -0.39 is 31.0 Å². The molecule has 0 aromatic carbocycles. The molecule has 0 spiro atoms. The van der Waals surface area contributed by atoms with E-state index in [1.807, 2.05) is 0 Å². The predicted octanol–water partition coefficient (Wildman–Crippen LogP) is -0.124. The normalized spacial score (nSPS) is 9.61. The van der Waals surface area contributed by atoms with Gasteiger partial charge in [0.15, 0.2) is 0 Å². The zero-order chi connectivity index (χ0) is 14.1. The minimum atomic E-state index is -1.19. The van der Waals surface area contributed by atoms with Gasteiger partial charge in [-0.1, -0.05) is 6.08 Å². The lowest BCUT2D eigenvalue weighted by Crippen LogP contribution is -2.47. The second-order valence-corrected chi connectivity index (χ2v) is 3.85. The number of allylic oxidation sites excluding steroid dienone is 1. The van der Waals surface area contributed by atoms with Gasteiger partial charge in [0, 0.05) is 13.6 Å². The van der Waals surface area contributed by atoms with Crippen molar-refractivity contribution in [2.45, 2.75) is 12.8 Å². The summed E-state index contributed by atoms with van der Waals surface area (Å²) in [5.41, 5.74) is 4.97. The van der Waals surface area contributed by atoms with E-state index in [2.05, 4.69) is 6.58 Å². The molecule has 0 rings (SSSR count). The molecule has 0 atom stereocenters. The van der Waals surface area contributed by atoms with E-state index in [4.69, 9.17) is 10.8 Å². The Labute approximate surface area is 106 Å². The van der Waals surface area contributed by atoms with Gasteiger partial charge in [-0.25, -0.2) is 4.79 Å². The lowest BCUT2D eigenvalue weighted by molar-refractivity contribution is -0.138. The largest absolute Gasteiger partial charge is 0.480 e. The Balaban J connectivity index is 4.46. The van der Waals surface area contributed by atoms with Gasteiger partial charge < -0.3 is 20.6 Å². The standard InChI is InChI=1S/C11H19N3O4/c1-3-4-5-6-13(2)11(18)14(7-9(12)15)8-10(16)17/h3H,1,4-8H2,2H3,(H2,12,15)(H,16,17). The molecule has 0 unspecified atom stereocenters. The van der Waals surface area contributed by atoms with Crippen LogP contribution in [0.1, 0.15) is 12.8 Å². The van der Waals surface area contributed by atoms with E-state index in [1.165, 1.54) is 4.90 Å². The van der Waals surface area contributed by atoms with Gasteiger partial charge in [-0.15, -0.1) is 6.58 Å². The lowest BCUT2D eigenvalue weighted by atomic mass is 10.3. The second kappa shape index (κ2) is 8.10. The number of carboxylic acid groups (broad SMARTS) is 1. The summed E-state index contributed by atoms with van der Waals surface area (Å²) >= 11 is 0. The first kappa shape index (κ1) is 16.0. The molecule has 3 amide bonds. The van der Waals surface area contributed by atoms with E-state index in [9.17, 15) is 14.4 Å². The van der Waals surface area contributed by atoms with Crippen LogP contribution in [0.25, 0.3) is 0 Å². The van der Waals surface area contributed by atoms with Gasteiger partial charge in [-0.3, -0.25) is 9.59 Å². The van der Waals surface area contributed by atoms with Crippen molar-refractivity contribution in [3.05, 3.63) is 12.7 Å². The van der Waals surface area contributed by atoms with Crippen molar-refractivity contribution in [1.82, 2.24) is 9.80 Å². The average molecular weight is 257 g/mol. The third kappa shape index (κ3) is 6.51. The number of amides is 3. The number of urea groups is 1. The van der Waals surface area contributed by atoms with Crippen LogP contribution >= 0.6 is 0 Å². The highest BCUT2D eigenvalue weighted by molar-refractivity contribution is 5.85. The van der Waals surface area contributed by atoms with Gasteiger partial charge >= 0.3 is 12.0 Å². The Bertz CT molecular complexity index is 314. The molecule has 0 aliphatic heterocycles. The molecule has 0 radical (unpaired) electrons. The van der Waals surface area contributed by atoms with Crippen LogP contribution in [-0.4, -0.2) is 59.5 Å². The first-order chi connectivity index (χ1) is 8.38. The monoisotopic (exact) mass is 257 g/mol. The molecule has 0 fully saturated rings. The predicted molar refractivity (Wildman–Crippen MR) is 65.9 cm³/mol. The Morgan fingerprint density at radius 3 is 2.39 bits per heavy atom. The lowest BCUT2D eigenvalue weighted by Gasteiger charge is -2.25. The number of carbonyl (C=O) groups excluding carboxylic acids is 2. The van der Waals surface area contributed by atoms with Crippen molar-refractivity contribution >= 4 is 17.9 Å². The van der Waals surface area contributed by atoms with Crippen molar-refractivity contribution in [2.75, 3.05) is 26.7 Å². The third-order valence-corrected chi connectivity index (χ3v) is 2.17. The van der Waals surface area contributed by atoms with Crippen molar-refractivity contribution in [2.24, 2.45) is 5.73 Å². The van der Waals surface area contributed by atoms with Crippen LogP contribution in [0.5, 0.6) is 0 Å². The van der Waals surface area contributed by atoms with Crippen molar-refractivity contribution < 1.29 is 19.5 Å². The summed E-state index contributed by atoms with van der Waals surface area (Å²) in [5.74, 6) is -1.94. The molecule has 0 aliphatic rings. The first-order valence-electron chi connectivity index (χ1n) is 5.49. The second-order valence-electron chi connectivity index (χ2n) is 3.85. The fraction of sp³-hybridized carbons (Fsp3) is 0.545. The number of hydrogen-bond acceptors (Lipinski definition) is 3. The number of hydrogen-bond donors (Lipinski definition) is 2. The summed E-state index contributed by atoms with van der Waals surface area (Å²) < 4.78 is 0. The molecule has 0 heterocycles. The number of primary amides is 1. The maximum absolute atomic E-state index is 11.9. The topological polar surface area (TPSA) is 104 Å². The van der Waals surface area contributed by atoms with Crippen LogP contribution in [0.3, 0.4) is 0 Å². The molecular weight excluding hydrogens is 238 g/mol. The summed E-state index contributed by atoms with van der Waals surface area (Å²) in [6.45, 7) is 3.07. The molecule has 3 N–H and O–H groups in total. The maximum Gasteiger partial charge on any atom is 0.323 e. The molecule has 102 valence electrons. The summed E-state index contributed by atoms with van der Waals surface area (Å²) in [5, 5.41) is 8.66. The van der Waals surface area contributed by atoms with Crippen LogP contribution in [0.2, 0.25) is 0 Å². The molecule has 0 bridgehead atoms. The molecular formula is C11H19N3O4. The maximum atomic E-state index is 11.9. The van der Waals surface area contributed by atoms with Gasteiger partial charge in [0.05, 0.1) is 0 Å². The van der Waals surface area contributed by atoms with Crippen LogP contribution in [0, 0.1) is 0 Å². The van der Waals surface area contributed by atoms with Crippen LogP contribution in [0.15, 0.2) is 12.7 Å². The van der Waals surface area contributed by atoms with E-state index in [0.717, 1.165) is 17.7 Å². The smallest absolute Gasteiger partial charge is 0.323 e. The third-order valence-electron chi connectivity index (χ3n) is 2.17. The fourth-order valence-electron chi connectivity index (χ4n) is 1.35. The quantitative estimate of drug-likeness (QED) is 0.467. The number of carbonyl (C=O) groups is 3. The van der Waals surface area contributed by atoms with Crippen LogP contribution in [-0.2, 0) is 9.59 Å². The first-order valence-corrected chi connectivity index (χ1v) is 5.49. The Morgan fingerprint density at radius 2 is 1.94 bits per heavy atom. The van der Waals surface area contributed by atoms with Crippen molar-refractivity contribution in [1.29, 1.82) is 0 Å². The highest BCUT2D eigenvalue weighted by Crippen LogP contribution is 2.00. The minimum Gasteiger partial charge on any atom is -0.480 e. The number of aliphatic carboxylic acids is 1. The Kier molecular flexibility index (Phi) is 7.18. The Morgan fingerprint density at radius 1 is 1.33 bits per heavy atom. The average Bonchev–Trinajstić information content (AvgIpc) is 2.26. The molecule has 0 saturated carbocycles. The molecule has 0 aliphatic carbocycles. The SMILES string of the molecule is C=CCCCN(C)C(=O)N(CC(N)=O)CC(=O)O. The number of nitrogens with two attached hydrogens (primary N) is 1. The molecule has 7 heteroatoms. The number of nitrogens with zero attached hydrogens (tertiary/aromatic N) is 2. The van der Waals surface area contributed by atoms with E-state index in [-0.39, 0.29) is 0 Å². The Hall–Kier alpha value is -2.05. The zero-order valence-corrected chi connectivity index (χ0v) is 10.5. The van der Waals surface area contributed by atoms with E-state index in [1.54, 1.807) is 13.1 Å². The van der Waals surface area contributed by atoms with Gasteiger partial charge in [0.2, 0.25) is 5.91 Å². The fourth-order valence-corrected chi connectivity index (χ4v) is 1.35. The van der Waals surface area contributed by atoms with Gasteiger partial charge in [-0.2, -0.15) is 0 Å². The van der Waals surface area contributed by atoms with Crippen LogP contribution < -0.4 is 5.73 Å². The molecule has 7 nitrogen and oxygen atoms in total. The summed E-state index contributed by atoms with van der Waals surface area (Å²) in [7, 11) is 1.54. The molecule has 18 heavy (non-hydrogen) atoms. The molecule has 0 saturated heterocycles. The number of rotatable bonds is 8. The van der Waals surface area contributed by atoms with Gasteiger partial charge in [0.1, 0.15) is 13.1 Å². The van der Waals surface area contributed by atoms with Gasteiger partial charge in [0.25, 0.3) is 0 Å². The zero-order valence-electron chi connectivity index (χ0n) is 10.5. The summed E-state index contributed by atoms with van der Waals surface area (Å²) in [6, 6.07) is -0.528. The van der Waals surface area contributed by atoms with E-state index >= 15 is 0 Å². The molecule has 0 aromatic rings. The highest BCUT2D eigenvalue weighted by atomic mass is 16.4. The van der Waals surface area contributed by atoms with Gasteiger partial charge in [-0.05, 0) is 12.8 Å². The summed E-state index contributed by atoms with van der Waals surface area (Å²) in [4.78, 5) is 35.5. The summed E-state index contributed by atoms with van der Waals surface area (Å²) in [6.07, 6.45) is 3.21. The van der Waals surface area contributed by atoms with Crippen LogP contribution in [0.4, 0.5) is 4.79 Å².